The maximum Gasteiger partial charge on any atom is 0.139 e. The number of pyridine rings is 1. The largest absolute Gasteiger partial charge is 0.508 e. The summed E-state index contributed by atoms with van der Waals surface area (Å²) in [5.41, 5.74) is 0.998. The highest BCUT2D eigenvalue weighted by atomic mass is 79.9. The van der Waals surface area contributed by atoms with Crippen LogP contribution in [0.4, 0.5) is 0 Å². The Morgan fingerprint density at radius 3 is 2.62 bits per heavy atom. The molecule has 0 radical (unpaired) electrons. The molecule has 0 aliphatic heterocycles. The van der Waals surface area contributed by atoms with Crippen molar-refractivity contribution < 1.29 is 9.84 Å². The number of hydrogen-bond acceptors (Lipinski definition) is 3. The van der Waals surface area contributed by atoms with Crippen molar-refractivity contribution in [3.8, 4) is 11.5 Å². The predicted molar refractivity (Wildman–Crippen MR) is 64.4 cm³/mol. The van der Waals surface area contributed by atoms with Crippen LogP contribution in [0.15, 0.2) is 47.2 Å². The minimum atomic E-state index is 0.257. The molecule has 0 saturated heterocycles. The van der Waals surface area contributed by atoms with Crippen LogP contribution in [0.3, 0.4) is 0 Å². The van der Waals surface area contributed by atoms with E-state index in [4.69, 9.17) is 9.84 Å². The first-order valence-corrected chi connectivity index (χ1v) is 5.54. The van der Waals surface area contributed by atoms with Crippen LogP contribution < -0.4 is 4.74 Å². The maximum atomic E-state index is 9.12. The Balaban J connectivity index is 1.99. The van der Waals surface area contributed by atoms with Gasteiger partial charge >= 0.3 is 0 Å². The first-order valence-electron chi connectivity index (χ1n) is 4.75. The number of halogens is 1. The molecular formula is C12H10BrNO2. The molecule has 1 heterocycles. The number of ether oxygens (including phenoxy) is 1. The standard InChI is InChI=1S/C12H10BrNO2/c13-10-5-12(7-14-6-10)16-8-9-1-3-11(15)4-2-9/h1-7,15H,8H2. The van der Waals surface area contributed by atoms with Gasteiger partial charge in [-0.3, -0.25) is 4.98 Å². The first-order chi connectivity index (χ1) is 7.74. The molecule has 0 unspecified atom stereocenters. The Morgan fingerprint density at radius 2 is 1.94 bits per heavy atom. The summed E-state index contributed by atoms with van der Waals surface area (Å²) in [4.78, 5) is 4.00. The van der Waals surface area contributed by atoms with Gasteiger partial charge in [0.2, 0.25) is 0 Å². The van der Waals surface area contributed by atoms with Crippen molar-refractivity contribution in [3.05, 3.63) is 52.8 Å². The van der Waals surface area contributed by atoms with Crippen molar-refractivity contribution in [1.29, 1.82) is 0 Å². The van der Waals surface area contributed by atoms with Crippen molar-refractivity contribution in [2.24, 2.45) is 0 Å². The summed E-state index contributed by atoms with van der Waals surface area (Å²) in [6.45, 7) is 0.457. The zero-order valence-electron chi connectivity index (χ0n) is 8.43. The number of hydrogen-bond donors (Lipinski definition) is 1. The molecule has 82 valence electrons. The molecule has 0 saturated carbocycles. The van der Waals surface area contributed by atoms with Crippen LogP contribution in [0.2, 0.25) is 0 Å². The lowest BCUT2D eigenvalue weighted by atomic mass is 10.2. The van der Waals surface area contributed by atoms with Gasteiger partial charge in [-0.25, -0.2) is 0 Å². The number of benzene rings is 1. The molecule has 0 fully saturated rings. The molecule has 2 aromatic rings. The van der Waals surface area contributed by atoms with E-state index in [2.05, 4.69) is 20.9 Å². The number of phenolic OH excluding ortho intramolecular Hbond substituents is 1. The van der Waals surface area contributed by atoms with Crippen molar-refractivity contribution in [1.82, 2.24) is 4.98 Å². The van der Waals surface area contributed by atoms with Gasteiger partial charge in [0.15, 0.2) is 0 Å². The Kier molecular flexibility index (Phi) is 3.41. The molecule has 1 aromatic heterocycles. The fraction of sp³-hybridized carbons (Fsp3) is 0.0833. The van der Waals surface area contributed by atoms with E-state index in [9.17, 15) is 0 Å². The van der Waals surface area contributed by atoms with Gasteiger partial charge in [-0.15, -0.1) is 0 Å². The summed E-state index contributed by atoms with van der Waals surface area (Å²) >= 11 is 3.32. The Bertz CT molecular complexity index is 471. The average molecular weight is 280 g/mol. The van der Waals surface area contributed by atoms with Crippen LogP contribution in [0.5, 0.6) is 11.5 Å². The van der Waals surface area contributed by atoms with Crippen molar-refractivity contribution >= 4 is 15.9 Å². The molecule has 3 nitrogen and oxygen atoms in total. The van der Waals surface area contributed by atoms with E-state index < -0.39 is 0 Å². The lowest BCUT2D eigenvalue weighted by Gasteiger charge is -2.05. The Morgan fingerprint density at radius 1 is 1.19 bits per heavy atom. The van der Waals surface area contributed by atoms with E-state index in [0.29, 0.717) is 12.4 Å². The SMILES string of the molecule is Oc1ccc(COc2cncc(Br)c2)cc1. The fourth-order valence-electron chi connectivity index (χ4n) is 1.23. The molecule has 0 amide bonds. The highest BCUT2D eigenvalue weighted by molar-refractivity contribution is 9.10. The lowest BCUT2D eigenvalue weighted by Crippen LogP contribution is -1.95. The summed E-state index contributed by atoms with van der Waals surface area (Å²) < 4.78 is 6.42. The molecule has 1 N–H and O–H groups in total. The minimum absolute atomic E-state index is 0.257. The third-order valence-electron chi connectivity index (χ3n) is 2.02. The van der Waals surface area contributed by atoms with Crippen LogP contribution in [0, 0.1) is 0 Å². The van der Waals surface area contributed by atoms with Gasteiger partial charge in [0, 0.05) is 10.7 Å². The normalized spacial score (nSPS) is 10.1. The molecule has 0 atom stereocenters. The highest BCUT2D eigenvalue weighted by Gasteiger charge is 1.97. The van der Waals surface area contributed by atoms with Gasteiger partial charge in [0.05, 0.1) is 6.20 Å². The molecule has 16 heavy (non-hydrogen) atoms. The zero-order valence-corrected chi connectivity index (χ0v) is 10.0. The summed E-state index contributed by atoms with van der Waals surface area (Å²) in [5.74, 6) is 0.968. The first kappa shape index (κ1) is 11.0. The van der Waals surface area contributed by atoms with E-state index in [1.165, 1.54) is 0 Å². The van der Waals surface area contributed by atoms with Gasteiger partial charge < -0.3 is 9.84 Å². The van der Waals surface area contributed by atoms with Crippen molar-refractivity contribution in [3.63, 3.8) is 0 Å². The van der Waals surface area contributed by atoms with E-state index in [-0.39, 0.29) is 5.75 Å². The number of aromatic hydroxyl groups is 1. The monoisotopic (exact) mass is 279 g/mol. The summed E-state index contributed by atoms with van der Waals surface area (Å²) in [7, 11) is 0. The Hall–Kier alpha value is -1.55. The number of phenols is 1. The third-order valence-corrected chi connectivity index (χ3v) is 2.46. The molecule has 4 heteroatoms. The fourth-order valence-corrected chi connectivity index (χ4v) is 1.57. The van der Waals surface area contributed by atoms with E-state index in [1.54, 1.807) is 24.5 Å². The van der Waals surface area contributed by atoms with Crippen molar-refractivity contribution in [2.75, 3.05) is 0 Å². The summed E-state index contributed by atoms with van der Waals surface area (Å²) in [5, 5.41) is 9.12. The molecule has 0 aliphatic rings. The van der Waals surface area contributed by atoms with Crippen LogP contribution in [-0.4, -0.2) is 10.1 Å². The quantitative estimate of drug-likeness (QED) is 0.939. The van der Waals surface area contributed by atoms with Crippen LogP contribution in [0.25, 0.3) is 0 Å². The van der Waals surface area contributed by atoms with Crippen LogP contribution in [0.1, 0.15) is 5.56 Å². The molecule has 0 spiro atoms. The number of rotatable bonds is 3. The number of nitrogens with zero attached hydrogens (tertiary/aromatic N) is 1. The smallest absolute Gasteiger partial charge is 0.139 e. The van der Waals surface area contributed by atoms with Gasteiger partial charge in [0.1, 0.15) is 18.1 Å². The second kappa shape index (κ2) is 4.99. The molecule has 0 bridgehead atoms. The second-order valence-electron chi connectivity index (χ2n) is 3.29. The van der Waals surface area contributed by atoms with E-state index >= 15 is 0 Å². The minimum Gasteiger partial charge on any atom is -0.508 e. The summed E-state index contributed by atoms with van der Waals surface area (Å²) in [6, 6.07) is 8.77. The van der Waals surface area contributed by atoms with E-state index in [0.717, 1.165) is 10.0 Å². The Labute approximate surface area is 102 Å². The highest BCUT2D eigenvalue weighted by Crippen LogP contribution is 2.17. The van der Waals surface area contributed by atoms with E-state index in [1.807, 2.05) is 18.2 Å². The average Bonchev–Trinajstić information content (AvgIpc) is 2.28. The predicted octanol–water partition coefficient (Wildman–Crippen LogP) is 3.13. The molecular weight excluding hydrogens is 270 g/mol. The van der Waals surface area contributed by atoms with Gasteiger partial charge in [-0.1, -0.05) is 12.1 Å². The maximum absolute atomic E-state index is 9.12. The molecule has 2 rings (SSSR count). The van der Waals surface area contributed by atoms with Gasteiger partial charge in [-0.05, 0) is 39.7 Å². The van der Waals surface area contributed by atoms with Crippen molar-refractivity contribution in [2.45, 2.75) is 6.61 Å². The lowest BCUT2D eigenvalue weighted by molar-refractivity contribution is 0.304. The van der Waals surface area contributed by atoms with Gasteiger partial charge in [-0.2, -0.15) is 0 Å². The van der Waals surface area contributed by atoms with Crippen LogP contribution >= 0.6 is 15.9 Å². The summed E-state index contributed by atoms with van der Waals surface area (Å²) in [6.07, 6.45) is 3.36. The topological polar surface area (TPSA) is 42.4 Å². The number of aromatic nitrogens is 1. The second-order valence-corrected chi connectivity index (χ2v) is 4.21. The van der Waals surface area contributed by atoms with Gasteiger partial charge in [0.25, 0.3) is 0 Å². The zero-order chi connectivity index (χ0) is 11.4. The van der Waals surface area contributed by atoms with Crippen LogP contribution in [-0.2, 0) is 6.61 Å². The third kappa shape index (κ3) is 2.97. The molecule has 0 aliphatic carbocycles. The molecule has 1 aromatic carbocycles.